The number of benzene rings is 2. The maximum atomic E-state index is 13.6. The molecule has 33 heavy (non-hydrogen) atoms. The first-order valence-corrected chi connectivity index (χ1v) is 12.1. The second-order valence-electron chi connectivity index (χ2n) is 8.26. The van der Waals surface area contributed by atoms with E-state index >= 15 is 0 Å². The van der Waals surface area contributed by atoms with E-state index in [2.05, 4.69) is 22.0 Å². The predicted molar refractivity (Wildman–Crippen MR) is 130 cm³/mol. The van der Waals surface area contributed by atoms with Crippen LogP contribution in [0.2, 0.25) is 0 Å². The summed E-state index contributed by atoms with van der Waals surface area (Å²) in [6, 6.07) is 11.6. The summed E-state index contributed by atoms with van der Waals surface area (Å²) in [6.07, 6.45) is 2.08. The average Bonchev–Trinajstić information content (AvgIpc) is 3.28. The zero-order chi connectivity index (χ0) is 22.9. The lowest BCUT2D eigenvalue weighted by Gasteiger charge is -2.35. The maximum absolute atomic E-state index is 13.6. The molecule has 6 nitrogen and oxygen atoms in total. The van der Waals surface area contributed by atoms with Crippen molar-refractivity contribution in [3.63, 3.8) is 0 Å². The van der Waals surface area contributed by atoms with Gasteiger partial charge in [0.15, 0.2) is 0 Å². The molecule has 0 spiro atoms. The van der Waals surface area contributed by atoms with Crippen molar-refractivity contribution in [2.45, 2.75) is 26.3 Å². The molecule has 1 aliphatic rings. The molecule has 1 atom stereocenters. The summed E-state index contributed by atoms with van der Waals surface area (Å²) >= 11 is 1.43. The Morgan fingerprint density at radius 1 is 1.21 bits per heavy atom. The summed E-state index contributed by atoms with van der Waals surface area (Å²) in [5, 5.41) is 14.4. The van der Waals surface area contributed by atoms with Crippen LogP contribution in [0.1, 0.15) is 35.3 Å². The molecular weight excluding hydrogens is 436 g/mol. The lowest BCUT2D eigenvalue weighted by molar-refractivity contribution is 0.0236. The summed E-state index contributed by atoms with van der Waals surface area (Å²) in [7, 11) is 0. The predicted octanol–water partition coefficient (Wildman–Crippen LogP) is 4.91. The topological polar surface area (TPSA) is 75.8 Å². The van der Waals surface area contributed by atoms with Gasteiger partial charge in [0.1, 0.15) is 22.6 Å². The Bertz CT molecular complexity index is 1340. The highest BCUT2D eigenvalue weighted by Gasteiger charge is 2.31. The second kappa shape index (κ2) is 9.09. The van der Waals surface area contributed by atoms with Crippen molar-refractivity contribution < 1.29 is 14.3 Å². The van der Waals surface area contributed by atoms with Gasteiger partial charge in [0.2, 0.25) is 5.43 Å². The summed E-state index contributed by atoms with van der Waals surface area (Å²) in [5.41, 5.74) is 4.00. The molecular formula is C26H26N2O4S. The van der Waals surface area contributed by atoms with Gasteiger partial charge in [0.25, 0.3) is 0 Å². The van der Waals surface area contributed by atoms with Crippen molar-refractivity contribution in [2.75, 3.05) is 26.3 Å². The van der Waals surface area contributed by atoms with E-state index in [1.165, 1.54) is 17.6 Å². The molecule has 5 rings (SSSR count). The van der Waals surface area contributed by atoms with Gasteiger partial charge in [-0.05, 0) is 30.5 Å². The second-order valence-corrected chi connectivity index (χ2v) is 9.12. The van der Waals surface area contributed by atoms with Crippen LogP contribution in [0.3, 0.4) is 0 Å². The molecule has 1 fully saturated rings. The number of fused-ring (bicyclic) bond motifs is 1. The van der Waals surface area contributed by atoms with Gasteiger partial charge < -0.3 is 14.3 Å². The van der Waals surface area contributed by atoms with Gasteiger partial charge in [-0.15, -0.1) is 11.3 Å². The van der Waals surface area contributed by atoms with Crippen molar-refractivity contribution in [1.29, 1.82) is 0 Å². The van der Waals surface area contributed by atoms with E-state index < -0.39 is 0 Å². The summed E-state index contributed by atoms with van der Waals surface area (Å²) in [6.45, 7) is 6.56. The van der Waals surface area contributed by atoms with Crippen LogP contribution < -0.4 is 5.43 Å². The lowest BCUT2D eigenvalue weighted by atomic mass is 9.91. The molecule has 0 unspecified atom stereocenters. The molecule has 7 heteroatoms. The molecule has 0 saturated carbocycles. The highest BCUT2D eigenvalue weighted by molar-refractivity contribution is 7.13. The molecule has 1 N–H and O–H groups in total. The third-order valence-corrected chi connectivity index (χ3v) is 7.17. The van der Waals surface area contributed by atoms with E-state index in [0.717, 1.165) is 29.9 Å². The average molecular weight is 463 g/mol. The summed E-state index contributed by atoms with van der Waals surface area (Å²) < 4.78 is 11.7. The highest BCUT2D eigenvalue weighted by atomic mass is 32.1. The molecule has 0 radical (unpaired) electrons. The standard InChI is InChI=1S/C26H26N2O4S/c1-3-17-13-19-24(30)20(26-27-16(2)15-33-26)14-32-25(19)21(23(17)29)22(18-7-5-4-6-8-18)28-9-11-31-12-10-28/h4-8,13-15,22,29H,3,9-12H2,1-2H3/t22-/m1/s1. The Labute approximate surface area is 196 Å². The highest BCUT2D eigenvalue weighted by Crippen LogP contribution is 2.41. The third-order valence-electron chi connectivity index (χ3n) is 6.18. The number of phenols is 1. The summed E-state index contributed by atoms with van der Waals surface area (Å²) in [5.74, 6) is 0.186. The Balaban J connectivity index is 1.79. The van der Waals surface area contributed by atoms with Crippen LogP contribution in [0.4, 0.5) is 0 Å². The number of ether oxygens (including phenoxy) is 1. The molecule has 0 bridgehead atoms. The largest absolute Gasteiger partial charge is 0.507 e. The molecule has 3 heterocycles. The van der Waals surface area contributed by atoms with Crippen molar-refractivity contribution in [3.8, 4) is 16.3 Å². The smallest absolute Gasteiger partial charge is 0.202 e. The van der Waals surface area contributed by atoms with Gasteiger partial charge in [-0.25, -0.2) is 4.98 Å². The fourth-order valence-corrected chi connectivity index (χ4v) is 5.32. The number of phenolic OH excluding ortho intramolecular Hbond substituents is 1. The maximum Gasteiger partial charge on any atom is 0.202 e. The molecule has 2 aromatic heterocycles. The fraction of sp³-hybridized carbons (Fsp3) is 0.308. The minimum Gasteiger partial charge on any atom is -0.507 e. The van der Waals surface area contributed by atoms with Gasteiger partial charge in [-0.2, -0.15) is 0 Å². The number of thiazole rings is 1. The van der Waals surface area contributed by atoms with E-state index in [-0.39, 0.29) is 17.2 Å². The minimum absolute atomic E-state index is 0.129. The number of hydrogen-bond donors (Lipinski definition) is 1. The number of hydrogen-bond acceptors (Lipinski definition) is 7. The molecule has 0 aliphatic carbocycles. The minimum atomic E-state index is -0.264. The molecule has 4 aromatic rings. The van der Waals surface area contributed by atoms with Crippen molar-refractivity contribution in [3.05, 3.63) is 80.6 Å². The van der Waals surface area contributed by atoms with Gasteiger partial charge in [-0.3, -0.25) is 9.69 Å². The Kier molecular flexibility index (Phi) is 6.01. The zero-order valence-corrected chi connectivity index (χ0v) is 19.5. The van der Waals surface area contributed by atoms with E-state index in [9.17, 15) is 9.90 Å². The van der Waals surface area contributed by atoms with Gasteiger partial charge in [0, 0.05) is 24.2 Å². The van der Waals surface area contributed by atoms with E-state index in [0.29, 0.717) is 46.7 Å². The van der Waals surface area contributed by atoms with Crippen LogP contribution in [0, 0.1) is 6.92 Å². The first-order valence-electron chi connectivity index (χ1n) is 11.2. The number of morpholine rings is 1. The lowest BCUT2D eigenvalue weighted by Crippen LogP contribution is -2.39. The zero-order valence-electron chi connectivity index (χ0n) is 18.7. The first-order chi connectivity index (χ1) is 16.1. The first kappa shape index (κ1) is 21.8. The van der Waals surface area contributed by atoms with Crippen molar-refractivity contribution in [1.82, 2.24) is 9.88 Å². The Morgan fingerprint density at radius 2 is 1.97 bits per heavy atom. The van der Waals surface area contributed by atoms with Crippen LogP contribution in [-0.4, -0.2) is 41.3 Å². The molecule has 1 aliphatic heterocycles. The van der Waals surface area contributed by atoms with E-state index in [4.69, 9.17) is 9.15 Å². The summed E-state index contributed by atoms with van der Waals surface area (Å²) in [4.78, 5) is 20.4. The van der Waals surface area contributed by atoms with Crippen molar-refractivity contribution in [2.24, 2.45) is 0 Å². The molecule has 2 aromatic carbocycles. The van der Waals surface area contributed by atoms with E-state index in [1.54, 1.807) is 6.07 Å². The van der Waals surface area contributed by atoms with Crippen LogP contribution >= 0.6 is 11.3 Å². The van der Waals surface area contributed by atoms with Gasteiger partial charge in [0.05, 0.1) is 35.8 Å². The molecule has 0 amide bonds. The SMILES string of the molecule is CCc1cc2c(=O)c(-c3nc(C)cs3)coc2c([C@@H](c2ccccc2)N2CCOCC2)c1O. The number of aromatic hydroxyl groups is 1. The van der Waals surface area contributed by atoms with E-state index in [1.807, 2.05) is 37.4 Å². The Morgan fingerprint density at radius 3 is 2.64 bits per heavy atom. The molecule has 1 saturated heterocycles. The quantitative estimate of drug-likeness (QED) is 0.454. The Hall–Kier alpha value is -3.00. The molecule has 170 valence electrons. The number of nitrogens with zero attached hydrogens (tertiary/aromatic N) is 2. The number of aromatic nitrogens is 1. The normalized spacial score (nSPS) is 15.7. The fourth-order valence-electron chi connectivity index (χ4n) is 4.53. The monoisotopic (exact) mass is 462 g/mol. The number of rotatable bonds is 5. The van der Waals surface area contributed by atoms with Crippen LogP contribution in [0.25, 0.3) is 21.5 Å². The van der Waals surface area contributed by atoms with Crippen molar-refractivity contribution >= 4 is 22.3 Å². The van der Waals surface area contributed by atoms with Crippen LogP contribution in [-0.2, 0) is 11.2 Å². The van der Waals surface area contributed by atoms with Crippen LogP contribution in [0.15, 0.2) is 57.3 Å². The number of aryl methyl sites for hydroxylation is 2. The van der Waals surface area contributed by atoms with Gasteiger partial charge >= 0.3 is 0 Å². The van der Waals surface area contributed by atoms with Crippen LogP contribution in [0.5, 0.6) is 5.75 Å². The van der Waals surface area contributed by atoms with Gasteiger partial charge in [-0.1, -0.05) is 37.3 Å². The third kappa shape index (κ3) is 3.97.